The molecular formula is C13H18ClNO3S. The van der Waals surface area contributed by atoms with Gasteiger partial charge in [0.2, 0.25) is 10.0 Å². The van der Waals surface area contributed by atoms with Gasteiger partial charge in [0.15, 0.2) is 0 Å². The van der Waals surface area contributed by atoms with Gasteiger partial charge in [-0.15, -0.1) is 11.6 Å². The fourth-order valence-corrected chi connectivity index (χ4v) is 4.03. The number of aryl methyl sites for hydroxylation is 1. The Bertz CT molecular complexity index is 547. The van der Waals surface area contributed by atoms with E-state index in [2.05, 4.69) is 0 Å². The van der Waals surface area contributed by atoms with Crippen molar-refractivity contribution in [3.8, 4) is 0 Å². The summed E-state index contributed by atoms with van der Waals surface area (Å²) in [6.45, 7) is 4.41. The highest BCUT2D eigenvalue weighted by Crippen LogP contribution is 2.22. The Hall–Kier alpha value is -0.620. The van der Waals surface area contributed by atoms with Gasteiger partial charge in [0, 0.05) is 19.0 Å². The highest BCUT2D eigenvalue weighted by molar-refractivity contribution is 7.89. The smallest absolute Gasteiger partial charge is 0.243 e. The summed E-state index contributed by atoms with van der Waals surface area (Å²) in [5, 5.41) is 0. The van der Waals surface area contributed by atoms with Gasteiger partial charge in [-0.25, -0.2) is 8.42 Å². The first-order valence-electron chi connectivity index (χ1n) is 6.21. The molecule has 2 rings (SSSR count). The van der Waals surface area contributed by atoms with Crippen LogP contribution < -0.4 is 0 Å². The number of sulfonamides is 1. The number of rotatable bonds is 3. The van der Waals surface area contributed by atoms with Gasteiger partial charge in [-0.3, -0.25) is 0 Å². The van der Waals surface area contributed by atoms with Gasteiger partial charge in [0.05, 0.1) is 17.1 Å². The second-order valence-electron chi connectivity index (χ2n) is 4.86. The molecule has 2 atom stereocenters. The third-order valence-electron chi connectivity index (χ3n) is 3.09. The second kappa shape index (κ2) is 5.79. The second-order valence-corrected chi connectivity index (χ2v) is 7.11. The standard InChI is InChI=1S/C13H18ClNO3S/c1-10-4-3-5-13(6-10)19(16,17)15-8-11(2)18-12(7-14)9-15/h3-6,11-12H,7-9H2,1-2H3. The zero-order valence-electron chi connectivity index (χ0n) is 11.0. The van der Waals surface area contributed by atoms with Gasteiger partial charge in [-0.2, -0.15) is 4.31 Å². The Labute approximate surface area is 119 Å². The molecule has 1 aliphatic rings. The van der Waals surface area contributed by atoms with Crippen LogP contribution in [0.4, 0.5) is 0 Å². The summed E-state index contributed by atoms with van der Waals surface area (Å²) in [6, 6.07) is 6.94. The van der Waals surface area contributed by atoms with Crippen LogP contribution in [0, 0.1) is 6.92 Å². The molecule has 4 nitrogen and oxygen atoms in total. The third kappa shape index (κ3) is 3.28. The highest BCUT2D eigenvalue weighted by Gasteiger charge is 2.33. The minimum atomic E-state index is -3.47. The molecule has 0 radical (unpaired) electrons. The molecular weight excluding hydrogens is 286 g/mol. The average Bonchev–Trinajstić information content (AvgIpc) is 2.38. The van der Waals surface area contributed by atoms with Crippen molar-refractivity contribution in [2.45, 2.75) is 31.0 Å². The van der Waals surface area contributed by atoms with Crippen molar-refractivity contribution in [3.05, 3.63) is 29.8 Å². The van der Waals surface area contributed by atoms with E-state index in [1.165, 1.54) is 4.31 Å². The van der Waals surface area contributed by atoms with Gasteiger partial charge in [-0.05, 0) is 31.5 Å². The summed E-state index contributed by atoms with van der Waals surface area (Å²) in [5.41, 5.74) is 0.927. The summed E-state index contributed by atoms with van der Waals surface area (Å²) in [6.07, 6.45) is -0.387. The number of hydrogen-bond acceptors (Lipinski definition) is 3. The van der Waals surface area contributed by atoms with Crippen molar-refractivity contribution in [1.82, 2.24) is 4.31 Å². The molecule has 1 aromatic carbocycles. The minimum Gasteiger partial charge on any atom is -0.371 e. The highest BCUT2D eigenvalue weighted by atomic mass is 35.5. The van der Waals surface area contributed by atoms with Crippen molar-refractivity contribution < 1.29 is 13.2 Å². The van der Waals surface area contributed by atoms with E-state index >= 15 is 0 Å². The minimum absolute atomic E-state index is 0.142. The topological polar surface area (TPSA) is 46.6 Å². The van der Waals surface area contributed by atoms with E-state index in [1.807, 2.05) is 19.9 Å². The van der Waals surface area contributed by atoms with Crippen molar-refractivity contribution in [3.63, 3.8) is 0 Å². The van der Waals surface area contributed by atoms with Crippen LogP contribution >= 0.6 is 11.6 Å². The first kappa shape index (κ1) is 14.8. The Morgan fingerprint density at radius 1 is 1.42 bits per heavy atom. The van der Waals surface area contributed by atoms with Gasteiger partial charge in [-0.1, -0.05) is 12.1 Å². The molecule has 6 heteroatoms. The molecule has 0 aromatic heterocycles. The summed E-state index contributed by atoms with van der Waals surface area (Å²) >= 11 is 5.79. The molecule has 0 amide bonds. The van der Waals surface area contributed by atoms with Gasteiger partial charge in [0.1, 0.15) is 0 Å². The summed E-state index contributed by atoms with van der Waals surface area (Å²) in [7, 11) is -3.47. The van der Waals surface area contributed by atoms with E-state index in [-0.39, 0.29) is 12.2 Å². The number of benzene rings is 1. The van der Waals surface area contributed by atoms with E-state index in [4.69, 9.17) is 16.3 Å². The molecule has 1 aromatic rings. The maximum absolute atomic E-state index is 12.6. The molecule has 106 valence electrons. The van der Waals surface area contributed by atoms with Crippen LogP contribution in [0.2, 0.25) is 0 Å². The molecule has 19 heavy (non-hydrogen) atoms. The number of hydrogen-bond donors (Lipinski definition) is 0. The average molecular weight is 304 g/mol. The third-order valence-corrected chi connectivity index (χ3v) is 5.26. The Morgan fingerprint density at radius 2 is 2.16 bits per heavy atom. The van der Waals surface area contributed by atoms with Crippen LogP contribution in [0.5, 0.6) is 0 Å². The molecule has 0 saturated carbocycles. The van der Waals surface area contributed by atoms with Crippen LogP contribution in [-0.4, -0.2) is 43.9 Å². The van der Waals surface area contributed by atoms with Crippen LogP contribution in [0.1, 0.15) is 12.5 Å². The quantitative estimate of drug-likeness (QED) is 0.803. The predicted molar refractivity (Wildman–Crippen MR) is 75.0 cm³/mol. The number of alkyl halides is 1. The fourth-order valence-electron chi connectivity index (χ4n) is 2.21. The zero-order valence-corrected chi connectivity index (χ0v) is 12.6. The number of halogens is 1. The molecule has 0 aliphatic carbocycles. The molecule has 1 aliphatic heterocycles. The Morgan fingerprint density at radius 3 is 2.79 bits per heavy atom. The van der Waals surface area contributed by atoms with E-state index < -0.39 is 10.0 Å². The summed E-state index contributed by atoms with van der Waals surface area (Å²) in [5.74, 6) is 0.296. The van der Waals surface area contributed by atoms with Gasteiger partial charge < -0.3 is 4.74 Å². The summed E-state index contributed by atoms with van der Waals surface area (Å²) in [4.78, 5) is 0.329. The normalized spacial score (nSPS) is 25.4. The van der Waals surface area contributed by atoms with Gasteiger partial charge in [0.25, 0.3) is 0 Å². The van der Waals surface area contributed by atoms with Crippen molar-refractivity contribution in [2.75, 3.05) is 19.0 Å². The Balaban J connectivity index is 2.29. The molecule has 1 saturated heterocycles. The maximum atomic E-state index is 12.6. The van der Waals surface area contributed by atoms with E-state index in [1.54, 1.807) is 18.2 Å². The van der Waals surface area contributed by atoms with Crippen molar-refractivity contribution in [2.24, 2.45) is 0 Å². The SMILES string of the molecule is Cc1cccc(S(=O)(=O)N2CC(C)OC(CCl)C2)c1. The molecule has 0 N–H and O–H groups in total. The molecule has 1 fully saturated rings. The molecule has 2 unspecified atom stereocenters. The predicted octanol–water partition coefficient (Wildman–Crippen LogP) is 2.01. The zero-order chi connectivity index (χ0) is 14.0. The lowest BCUT2D eigenvalue weighted by atomic mass is 10.2. The van der Waals surface area contributed by atoms with Crippen molar-refractivity contribution >= 4 is 21.6 Å². The molecule has 0 spiro atoms. The number of morpholine rings is 1. The number of nitrogens with zero attached hydrogens (tertiary/aromatic N) is 1. The molecule has 1 heterocycles. The maximum Gasteiger partial charge on any atom is 0.243 e. The lowest BCUT2D eigenvalue weighted by molar-refractivity contribution is -0.0423. The lowest BCUT2D eigenvalue weighted by Gasteiger charge is -2.35. The van der Waals surface area contributed by atoms with E-state index in [9.17, 15) is 8.42 Å². The van der Waals surface area contributed by atoms with Crippen LogP contribution in [-0.2, 0) is 14.8 Å². The molecule has 0 bridgehead atoms. The largest absolute Gasteiger partial charge is 0.371 e. The van der Waals surface area contributed by atoms with Crippen LogP contribution in [0.15, 0.2) is 29.2 Å². The van der Waals surface area contributed by atoms with Gasteiger partial charge >= 0.3 is 0 Å². The van der Waals surface area contributed by atoms with Crippen LogP contribution in [0.25, 0.3) is 0 Å². The lowest BCUT2D eigenvalue weighted by Crippen LogP contribution is -2.49. The first-order valence-corrected chi connectivity index (χ1v) is 8.19. The van der Waals surface area contributed by atoms with E-state index in [0.717, 1.165) is 5.56 Å². The first-order chi connectivity index (χ1) is 8.93. The fraction of sp³-hybridized carbons (Fsp3) is 0.538. The monoisotopic (exact) mass is 303 g/mol. The number of ether oxygens (including phenoxy) is 1. The summed E-state index contributed by atoms with van der Waals surface area (Å²) < 4.78 is 32.2. The van der Waals surface area contributed by atoms with E-state index in [0.29, 0.717) is 23.9 Å². The van der Waals surface area contributed by atoms with Crippen LogP contribution in [0.3, 0.4) is 0 Å². The Kier molecular flexibility index (Phi) is 4.50. The van der Waals surface area contributed by atoms with Crippen molar-refractivity contribution in [1.29, 1.82) is 0 Å².